The molecule has 0 atom stereocenters. The third-order valence-electron chi connectivity index (χ3n) is 4.02. The number of hydrogen-bond acceptors (Lipinski definition) is 3. The molecule has 0 bridgehead atoms. The van der Waals surface area contributed by atoms with Crippen molar-refractivity contribution in [3.05, 3.63) is 65.5 Å². The van der Waals surface area contributed by atoms with Crippen LogP contribution in [0.3, 0.4) is 0 Å². The number of carbonyl (C=O) groups is 1. The van der Waals surface area contributed by atoms with Crippen LogP contribution >= 0.6 is 0 Å². The molecule has 0 radical (unpaired) electrons. The van der Waals surface area contributed by atoms with Gasteiger partial charge in [-0.15, -0.1) is 0 Å². The van der Waals surface area contributed by atoms with Gasteiger partial charge in [0.15, 0.2) is 0 Å². The fraction of sp³-hybridized carbons (Fsp3) is 0.300. The van der Waals surface area contributed by atoms with Crippen LogP contribution in [-0.2, 0) is 22.7 Å². The number of nitrogens with one attached hydrogen (secondary N) is 2. The number of H-pyrrole nitrogens is 1. The zero-order valence-corrected chi connectivity index (χ0v) is 14.4. The second kappa shape index (κ2) is 8.44. The van der Waals surface area contributed by atoms with Crippen LogP contribution in [0.15, 0.2) is 48.5 Å². The Kier molecular flexibility index (Phi) is 5.80. The summed E-state index contributed by atoms with van der Waals surface area (Å²) in [4.78, 5) is 19.7. The first-order valence-corrected chi connectivity index (χ1v) is 8.55. The predicted molar refractivity (Wildman–Crippen MR) is 98.0 cm³/mol. The fourth-order valence-corrected chi connectivity index (χ4v) is 2.68. The summed E-state index contributed by atoms with van der Waals surface area (Å²) in [6.45, 7) is 3.60. The van der Waals surface area contributed by atoms with Crippen molar-refractivity contribution in [1.29, 1.82) is 0 Å². The summed E-state index contributed by atoms with van der Waals surface area (Å²) in [6.07, 6.45) is 1.16. The lowest BCUT2D eigenvalue weighted by molar-refractivity contribution is -0.121. The Hall–Kier alpha value is -2.66. The number of hydrogen-bond donors (Lipinski definition) is 2. The van der Waals surface area contributed by atoms with Gasteiger partial charge in [-0.2, -0.15) is 0 Å². The van der Waals surface area contributed by atoms with E-state index in [1.807, 2.05) is 55.5 Å². The van der Waals surface area contributed by atoms with Crippen LogP contribution in [0.25, 0.3) is 11.0 Å². The highest BCUT2D eigenvalue weighted by atomic mass is 16.5. The zero-order valence-electron chi connectivity index (χ0n) is 14.4. The number of nitrogens with zero attached hydrogens (tertiary/aromatic N) is 1. The average Bonchev–Trinajstić information content (AvgIpc) is 3.05. The Morgan fingerprint density at radius 3 is 2.80 bits per heavy atom. The molecule has 2 N–H and O–H groups in total. The van der Waals surface area contributed by atoms with Gasteiger partial charge in [0.05, 0.1) is 24.2 Å². The first kappa shape index (κ1) is 17.2. The van der Waals surface area contributed by atoms with Gasteiger partial charge >= 0.3 is 0 Å². The number of imidazole rings is 1. The number of ether oxygens (including phenoxy) is 1. The first-order valence-electron chi connectivity index (χ1n) is 8.55. The molecular weight excluding hydrogens is 314 g/mol. The standard InChI is InChI=1S/C20H23N3O2/c1-15-7-5-10-17-20(15)23-18(22-17)13-21-19(24)11-6-12-25-14-16-8-3-2-4-9-16/h2-5,7-10H,6,11-14H2,1H3,(H,21,24)(H,22,23). The Morgan fingerprint density at radius 2 is 2.00 bits per heavy atom. The summed E-state index contributed by atoms with van der Waals surface area (Å²) < 4.78 is 5.59. The molecule has 0 fully saturated rings. The second-order valence-electron chi connectivity index (χ2n) is 6.07. The summed E-state index contributed by atoms with van der Waals surface area (Å²) in [5.41, 5.74) is 4.23. The van der Waals surface area contributed by atoms with Gasteiger partial charge in [0.1, 0.15) is 5.82 Å². The lowest BCUT2D eigenvalue weighted by Gasteiger charge is -2.05. The molecule has 0 aliphatic rings. The van der Waals surface area contributed by atoms with Crippen LogP contribution in [-0.4, -0.2) is 22.5 Å². The van der Waals surface area contributed by atoms with Crippen molar-refractivity contribution in [2.45, 2.75) is 32.9 Å². The number of fused-ring (bicyclic) bond motifs is 1. The maximum absolute atomic E-state index is 11.9. The Labute approximate surface area is 147 Å². The van der Waals surface area contributed by atoms with Gasteiger partial charge in [0, 0.05) is 13.0 Å². The molecule has 0 saturated heterocycles. The van der Waals surface area contributed by atoms with Crippen molar-refractivity contribution in [3.8, 4) is 0 Å². The quantitative estimate of drug-likeness (QED) is 0.618. The van der Waals surface area contributed by atoms with Crippen LogP contribution < -0.4 is 5.32 Å². The molecule has 1 heterocycles. The highest BCUT2D eigenvalue weighted by Crippen LogP contribution is 2.15. The molecule has 2 aromatic carbocycles. The van der Waals surface area contributed by atoms with E-state index in [9.17, 15) is 4.79 Å². The summed E-state index contributed by atoms with van der Waals surface area (Å²) in [5.74, 6) is 0.790. The minimum atomic E-state index is 0.0143. The van der Waals surface area contributed by atoms with Gasteiger partial charge in [0.25, 0.3) is 0 Å². The Bertz CT molecular complexity index is 827. The molecule has 0 unspecified atom stereocenters. The zero-order chi connectivity index (χ0) is 17.5. The summed E-state index contributed by atoms with van der Waals surface area (Å²) in [7, 11) is 0. The molecule has 0 aliphatic carbocycles. The third kappa shape index (κ3) is 4.90. The van der Waals surface area contributed by atoms with E-state index in [1.54, 1.807) is 0 Å². The minimum Gasteiger partial charge on any atom is -0.377 e. The number of amides is 1. The van der Waals surface area contributed by atoms with E-state index in [0.717, 1.165) is 28.0 Å². The summed E-state index contributed by atoms with van der Waals surface area (Å²) in [6, 6.07) is 16.0. The number of benzene rings is 2. The van der Waals surface area contributed by atoms with E-state index in [1.165, 1.54) is 0 Å². The van der Waals surface area contributed by atoms with Gasteiger partial charge in [-0.3, -0.25) is 4.79 Å². The van der Waals surface area contributed by atoms with E-state index >= 15 is 0 Å². The van der Waals surface area contributed by atoms with Crippen molar-refractivity contribution >= 4 is 16.9 Å². The molecule has 1 amide bonds. The van der Waals surface area contributed by atoms with Gasteiger partial charge < -0.3 is 15.0 Å². The molecule has 130 valence electrons. The fourth-order valence-electron chi connectivity index (χ4n) is 2.68. The van der Waals surface area contributed by atoms with Crippen LogP contribution in [0.2, 0.25) is 0 Å². The molecular formula is C20H23N3O2. The monoisotopic (exact) mass is 337 g/mol. The molecule has 0 spiro atoms. The molecule has 5 nitrogen and oxygen atoms in total. The number of rotatable bonds is 8. The third-order valence-corrected chi connectivity index (χ3v) is 4.02. The summed E-state index contributed by atoms with van der Waals surface area (Å²) >= 11 is 0. The van der Waals surface area contributed by atoms with Crippen molar-refractivity contribution in [1.82, 2.24) is 15.3 Å². The number of aromatic nitrogens is 2. The van der Waals surface area contributed by atoms with Crippen molar-refractivity contribution in [2.24, 2.45) is 0 Å². The maximum atomic E-state index is 11.9. The van der Waals surface area contributed by atoms with Crippen molar-refractivity contribution in [3.63, 3.8) is 0 Å². The number of para-hydroxylation sites is 1. The minimum absolute atomic E-state index is 0.0143. The number of aryl methyl sites for hydroxylation is 1. The van der Waals surface area contributed by atoms with Crippen molar-refractivity contribution in [2.75, 3.05) is 6.61 Å². The van der Waals surface area contributed by atoms with Crippen molar-refractivity contribution < 1.29 is 9.53 Å². The largest absolute Gasteiger partial charge is 0.377 e. The Morgan fingerprint density at radius 1 is 1.16 bits per heavy atom. The molecule has 0 saturated carbocycles. The maximum Gasteiger partial charge on any atom is 0.220 e. The highest BCUT2D eigenvalue weighted by molar-refractivity contribution is 5.79. The first-order chi connectivity index (χ1) is 12.2. The topological polar surface area (TPSA) is 67.0 Å². The number of carbonyl (C=O) groups excluding carboxylic acids is 1. The lowest BCUT2D eigenvalue weighted by Crippen LogP contribution is -2.23. The van der Waals surface area contributed by atoms with Gasteiger partial charge in [-0.25, -0.2) is 4.98 Å². The van der Waals surface area contributed by atoms with Crippen LogP contribution in [0.4, 0.5) is 0 Å². The molecule has 5 heteroatoms. The van der Waals surface area contributed by atoms with E-state index in [-0.39, 0.29) is 5.91 Å². The smallest absolute Gasteiger partial charge is 0.220 e. The lowest BCUT2D eigenvalue weighted by atomic mass is 10.2. The van der Waals surface area contributed by atoms with Gasteiger partial charge in [0.2, 0.25) is 5.91 Å². The molecule has 3 rings (SSSR count). The summed E-state index contributed by atoms with van der Waals surface area (Å²) in [5, 5.41) is 2.90. The van der Waals surface area contributed by atoms with Crippen LogP contribution in [0, 0.1) is 6.92 Å². The van der Waals surface area contributed by atoms with E-state index in [4.69, 9.17) is 4.74 Å². The van der Waals surface area contributed by atoms with Gasteiger partial charge in [-0.1, -0.05) is 42.5 Å². The average molecular weight is 337 g/mol. The highest BCUT2D eigenvalue weighted by Gasteiger charge is 2.06. The second-order valence-corrected chi connectivity index (χ2v) is 6.07. The molecule has 25 heavy (non-hydrogen) atoms. The van der Waals surface area contributed by atoms with Crippen LogP contribution in [0.1, 0.15) is 29.8 Å². The molecule has 3 aromatic rings. The predicted octanol–water partition coefficient (Wildman–Crippen LogP) is 3.48. The van der Waals surface area contributed by atoms with Crippen LogP contribution in [0.5, 0.6) is 0 Å². The normalized spacial score (nSPS) is 10.9. The molecule has 1 aromatic heterocycles. The number of aromatic amines is 1. The van der Waals surface area contributed by atoms with E-state index < -0.39 is 0 Å². The Balaban J connectivity index is 1.35. The van der Waals surface area contributed by atoms with E-state index in [2.05, 4.69) is 15.3 Å². The van der Waals surface area contributed by atoms with Gasteiger partial charge in [-0.05, 0) is 30.5 Å². The molecule has 0 aliphatic heterocycles. The SMILES string of the molecule is Cc1cccc2[nH]c(CNC(=O)CCCOCc3ccccc3)nc12. The van der Waals surface area contributed by atoms with E-state index in [0.29, 0.717) is 32.6 Å².